The predicted octanol–water partition coefficient (Wildman–Crippen LogP) is 10.5. The molecule has 0 atom stereocenters. The molecule has 0 aliphatic heterocycles. The Kier molecular flexibility index (Phi) is 7.53. The van der Waals surface area contributed by atoms with Gasteiger partial charge in [-0.15, -0.1) is 11.3 Å². The number of benzene rings is 3. The minimum atomic E-state index is 0.130. The molecule has 0 fully saturated rings. The molecular weight excluding hydrogens is 557 g/mol. The second kappa shape index (κ2) is 11.8. The van der Waals surface area contributed by atoms with Crippen molar-refractivity contribution in [2.75, 3.05) is 0 Å². The van der Waals surface area contributed by atoms with Crippen molar-refractivity contribution in [2.45, 2.75) is 46.5 Å². The molecular formula is C40H36N2OS. The fourth-order valence-corrected chi connectivity index (χ4v) is 7.73. The van der Waals surface area contributed by atoms with Gasteiger partial charge in [0.05, 0.1) is 11.0 Å². The first-order valence-electron chi connectivity index (χ1n) is 15.5. The molecule has 1 aliphatic carbocycles. The molecule has 0 bridgehead atoms. The maximum atomic E-state index is 14.1. The highest BCUT2D eigenvalue weighted by atomic mass is 32.1. The van der Waals surface area contributed by atoms with Crippen LogP contribution < -0.4 is 5.43 Å². The van der Waals surface area contributed by atoms with Crippen molar-refractivity contribution >= 4 is 61.1 Å². The summed E-state index contributed by atoms with van der Waals surface area (Å²) >= 11 is 1.71. The zero-order valence-corrected chi connectivity index (χ0v) is 26.3. The van der Waals surface area contributed by atoms with E-state index in [0.29, 0.717) is 6.42 Å². The standard InChI is InChI=1S/C40H36N2OS/c1-4-6-7-8-15-28-26-41(36-20-11-9-17-32(28)36)29-16-13-19-34-39(25-29)44-38-23-22-30(24-35(38)40(34)43)42-27(3)31(14-5-2)33-18-10-12-21-37(33)42/h4,6,8-13,15-18,20-26H,5,7,14,19H2,1-3H3/b6-4?,15-8-. The quantitative estimate of drug-likeness (QED) is 0.169. The third-order valence-electron chi connectivity index (χ3n) is 8.72. The molecule has 218 valence electrons. The fraction of sp³-hybridized carbons (Fsp3) is 0.175. The molecule has 1 aliphatic rings. The molecule has 0 amide bonds. The van der Waals surface area contributed by atoms with E-state index in [4.69, 9.17) is 0 Å². The van der Waals surface area contributed by atoms with Gasteiger partial charge >= 0.3 is 0 Å². The SMILES string of the molecule is CC=CC/C=C\c1cn(C2=Cc3sc4ccc(-n5c(C)c(CCC)c6ccccc65)cc4c(=O)c3CC=C2)c2ccccc12. The molecule has 7 rings (SSSR count). The van der Waals surface area contributed by atoms with E-state index in [2.05, 4.69) is 138 Å². The van der Waals surface area contributed by atoms with Gasteiger partial charge in [-0.25, -0.2) is 0 Å². The lowest BCUT2D eigenvalue weighted by molar-refractivity contribution is 0.904. The molecule has 3 heterocycles. The summed E-state index contributed by atoms with van der Waals surface area (Å²) < 4.78 is 5.60. The van der Waals surface area contributed by atoms with Crippen LogP contribution in [0.1, 0.15) is 54.0 Å². The number of para-hydroxylation sites is 2. The van der Waals surface area contributed by atoms with Crippen molar-refractivity contribution in [2.24, 2.45) is 0 Å². The molecule has 0 N–H and O–H groups in total. The van der Waals surface area contributed by atoms with Gasteiger partial charge in [-0.05, 0) is 81.2 Å². The van der Waals surface area contributed by atoms with E-state index in [0.717, 1.165) is 56.7 Å². The smallest absolute Gasteiger partial charge is 0.192 e. The Bertz CT molecular complexity index is 2230. The van der Waals surface area contributed by atoms with Crippen molar-refractivity contribution in [3.05, 3.63) is 141 Å². The van der Waals surface area contributed by atoms with E-state index >= 15 is 0 Å². The molecule has 3 aromatic heterocycles. The first-order chi connectivity index (χ1) is 21.6. The van der Waals surface area contributed by atoms with E-state index in [-0.39, 0.29) is 5.43 Å². The molecule has 3 aromatic carbocycles. The van der Waals surface area contributed by atoms with Crippen LogP contribution in [0.3, 0.4) is 0 Å². The third kappa shape index (κ3) is 4.80. The molecule has 0 unspecified atom stereocenters. The number of nitrogens with zero attached hydrogens (tertiary/aromatic N) is 2. The van der Waals surface area contributed by atoms with Crippen LogP contribution in [-0.2, 0) is 12.8 Å². The molecule has 0 saturated heterocycles. The van der Waals surface area contributed by atoms with Gasteiger partial charge in [0.25, 0.3) is 0 Å². The first-order valence-corrected chi connectivity index (χ1v) is 16.4. The first kappa shape index (κ1) is 28.1. The molecule has 44 heavy (non-hydrogen) atoms. The highest BCUT2D eigenvalue weighted by molar-refractivity contribution is 7.19. The summed E-state index contributed by atoms with van der Waals surface area (Å²) in [4.78, 5) is 15.1. The van der Waals surface area contributed by atoms with E-state index in [1.54, 1.807) is 11.3 Å². The Morgan fingerprint density at radius 3 is 2.55 bits per heavy atom. The Morgan fingerprint density at radius 2 is 1.73 bits per heavy atom. The Morgan fingerprint density at radius 1 is 0.932 bits per heavy atom. The van der Waals surface area contributed by atoms with Crippen LogP contribution in [0.2, 0.25) is 0 Å². The van der Waals surface area contributed by atoms with Crippen LogP contribution in [0.15, 0.2) is 108 Å². The van der Waals surface area contributed by atoms with Crippen LogP contribution in [0, 0.1) is 6.92 Å². The Balaban J connectivity index is 1.34. The van der Waals surface area contributed by atoms with Gasteiger partial charge in [-0.1, -0.05) is 80.1 Å². The van der Waals surface area contributed by atoms with Gasteiger partial charge in [-0.2, -0.15) is 0 Å². The van der Waals surface area contributed by atoms with Crippen molar-refractivity contribution in [1.29, 1.82) is 0 Å². The summed E-state index contributed by atoms with van der Waals surface area (Å²) in [7, 11) is 0. The number of aryl methyl sites for hydroxylation is 1. The Hall–Kier alpha value is -4.67. The Labute approximate surface area is 262 Å². The molecule has 0 saturated carbocycles. The van der Waals surface area contributed by atoms with Gasteiger partial charge in [0.15, 0.2) is 5.43 Å². The second-order valence-corrected chi connectivity index (χ2v) is 12.6. The van der Waals surface area contributed by atoms with Crippen molar-refractivity contribution < 1.29 is 0 Å². The summed E-state index contributed by atoms with van der Waals surface area (Å²) in [6, 6.07) is 23.6. The van der Waals surface area contributed by atoms with Crippen LogP contribution in [0.5, 0.6) is 0 Å². The maximum absolute atomic E-state index is 14.1. The fourth-order valence-electron chi connectivity index (χ4n) is 6.61. The molecule has 0 radical (unpaired) electrons. The number of hydrogen-bond donors (Lipinski definition) is 0. The lowest BCUT2D eigenvalue weighted by Gasteiger charge is -2.12. The van der Waals surface area contributed by atoms with Crippen molar-refractivity contribution in [3.8, 4) is 5.69 Å². The largest absolute Gasteiger partial charge is 0.316 e. The van der Waals surface area contributed by atoms with E-state index in [1.807, 2.05) is 6.92 Å². The highest BCUT2D eigenvalue weighted by Crippen LogP contribution is 2.34. The second-order valence-electron chi connectivity index (χ2n) is 11.5. The third-order valence-corrected chi connectivity index (χ3v) is 9.88. The van der Waals surface area contributed by atoms with Crippen molar-refractivity contribution in [1.82, 2.24) is 9.13 Å². The number of allylic oxidation sites excluding steroid dienone is 6. The zero-order valence-electron chi connectivity index (χ0n) is 25.5. The van der Waals surface area contributed by atoms with Crippen LogP contribution >= 0.6 is 11.3 Å². The molecule has 4 heteroatoms. The molecule has 6 aromatic rings. The minimum Gasteiger partial charge on any atom is -0.316 e. The topological polar surface area (TPSA) is 26.9 Å². The van der Waals surface area contributed by atoms with Crippen LogP contribution in [0.25, 0.3) is 55.4 Å². The average Bonchev–Trinajstić information content (AvgIpc) is 3.45. The lowest BCUT2D eigenvalue weighted by atomic mass is 10.1. The zero-order chi connectivity index (χ0) is 30.2. The summed E-state index contributed by atoms with van der Waals surface area (Å²) in [6.45, 7) is 6.49. The van der Waals surface area contributed by atoms with E-state index in [9.17, 15) is 4.79 Å². The molecule has 3 nitrogen and oxygen atoms in total. The van der Waals surface area contributed by atoms with Crippen LogP contribution in [-0.4, -0.2) is 9.13 Å². The summed E-state index contributed by atoms with van der Waals surface area (Å²) in [5.41, 5.74) is 9.31. The van der Waals surface area contributed by atoms with Crippen molar-refractivity contribution in [3.63, 3.8) is 0 Å². The monoisotopic (exact) mass is 592 g/mol. The average molecular weight is 593 g/mol. The minimum absolute atomic E-state index is 0.130. The number of rotatable bonds is 7. The summed E-state index contributed by atoms with van der Waals surface area (Å²) in [5.74, 6) is 0. The lowest BCUT2D eigenvalue weighted by Crippen LogP contribution is -2.10. The van der Waals surface area contributed by atoms with Crippen LogP contribution in [0.4, 0.5) is 0 Å². The van der Waals surface area contributed by atoms with Gasteiger partial charge in [0, 0.05) is 60.1 Å². The van der Waals surface area contributed by atoms with Gasteiger partial charge < -0.3 is 9.13 Å². The molecule has 0 spiro atoms. The number of aromatic nitrogens is 2. The van der Waals surface area contributed by atoms with Gasteiger partial charge in [-0.3, -0.25) is 4.79 Å². The highest BCUT2D eigenvalue weighted by Gasteiger charge is 2.18. The number of hydrogen-bond acceptors (Lipinski definition) is 2. The van der Waals surface area contributed by atoms with E-state index in [1.165, 1.54) is 33.1 Å². The normalized spacial score (nSPS) is 13.5. The van der Waals surface area contributed by atoms with E-state index < -0.39 is 0 Å². The predicted molar refractivity (Wildman–Crippen MR) is 191 cm³/mol. The summed E-state index contributed by atoms with van der Waals surface area (Å²) in [6.07, 6.45) is 21.0. The summed E-state index contributed by atoms with van der Waals surface area (Å²) in [5, 5.41) is 3.32. The van der Waals surface area contributed by atoms with Gasteiger partial charge in [0.1, 0.15) is 0 Å². The maximum Gasteiger partial charge on any atom is 0.192 e. The van der Waals surface area contributed by atoms with Gasteiger partial charge in [0.2, 0.25) is 0 Å². The number of fused-ring (bicyclic) bond motifs is 4.